The molecule has 112 valence electrons. The van der Waals surface area contributed by atoms with Crippen LogP contribution in [0.5, 0.6) is 0 Å². The maximum absolute atomic E-state index is 11.9. The summed E-state index contributed by atoms with van der Waals surface area (Å²) in [7, 11) is 2.86. The molecule has 0 aliphatic carbocycles. The Balaban J connectivity index is 2.86. The van der Waals surface area contributed by atoms with Crippen molar-refractivity contribution in [2.45, 2.75) is 22.1 Å². The number of sulfonamides is 1. The number of carbonyl (C=O) groups is 1. The minimum Gasteiger partial charge on any atom is -0.348 e. The van der Waals surface area contributed by atoms with Gasteiger partial charge in [0.15, 0.2) is 0 Å². The molecular formula is C12H19N3O3S2. The van der Waals surface area contributed by atoms with Crippen LogP contribution in [0.4, 0.5) is 0 Å². The van der Waals surface area contributed by atoms with Crippen LogP contribution < -0.4 is 0 Å². The molecule has 20 heavy (non-hydrogen) atoms. The molecule has 1 amide bonds. The monoisotopic (exact) mass is 317 g/mol. The summed E-state index contributed by atoms with van der Waals surface area (Å²) in [4.78, 5) is 17.5. The number of aromatic nitrogens is 1. The van der Waals surface area contributed by atoms with Crippen molar-refractivity contribution < 1.29 is 13.2 Å². The average Bonchev–Trinajstić information content (AvgIpc) is 2.38. The van der Waals surface area contributed by atoms with Crippen LogP contribution in [0.25, 0.3) is 0 Å². The average molecular weight is 317 g/mol. The predicted molar refractivity (Wildman–Crippen MR) is 79.1 cm³/mol. The molecule has 0 aliphatic rings. The molecule has 0 radical (unpaired) electrons. The second-order valence-electron chi connectivity index (χ2n) is 4.61. The second kappa shape index (κ2) is 6.55. The summed E-state index contributed by atoms with van der Waals surface area (Å²) < 4.78 is 24.9. The number of pyridine rings is 1. The smallest absolute Gasteiger partial charge is 0.244 e. The molecule has 0 fully saturated rings. The lowest BCUT2D eigenvalue weighted by molar-refractivity contribution is -0.127. The molecule has 0 aliphatic heterocycles. The van der Waals surface area contributed by atoms with Gasteiger partial charge >= 0.3 is 0 Å². The second-order valence-corrected chi connectivity index (χ2v) is 8.13. The highest BCUT2D eigenvalue weighted by Crippen LogP contribution is 2.23. The first kappa shape index (κ1) is 16.9. The Morgan fingerprint density at radius 1 is 1.25 bits per heavy atom. The van der Waals surface area contributed by atoms with E-state index in [0.717, 1.165) is 4.31 Å². The van der Waals surface area contributed by atoms with Gasteiger partial charge in [0.1, 0.15) is 4.90 Å². The quantitative estimate of drug-likeness (QED) is 0.755. The molecule has 6 nitrogen and oxygen atoms in total. The molecule has 1 aromatic heterocycles. The van der Waals surface area contributed by atoms with Gasteiger partial charge in [0.2, 0.25) is 15.9 Å². The van der Waals surface area contributed by atoms with Crippen molar-refractivity contribution in [3.05, 3.63) is 18.3 Å². The van der Waals surface area contributed by atoms with Gasteiger partial charge in [0, 0.05) is 34.4 Å². The number of amides is 1. The van der Waals surface area contributed by atoms with Crippen LogP contribution in [0.1, 0.15) is 6.92 Å². The Hall–Kier alpha value is -1.12. The van der Waals surface area contributed by atoms with E-state index in [0.29, 0.717) is 5.03 Å². The number of rotatable bonds is 5. The summed E-state index contributed by atoms with van der Waals surface area (Å²) >= 11 is 1.30. The molecular weight excluding hydrogens is 298 g/mol. The maximum Gasteiger partial charge on any atom is 0.244 e. The summed E-state index contributed by atoms with van der Waals surface area (Å²) in [5.74, 6) is -0.0122. The van der Waals surface area contributed by atoms with Crippen molar-refractivity contribution >= 4 is 27.7 Å². The molecule has 0 aromatic carbocycles. The van der Waals surface area contributed by atoms with E-state index in [2.05, 4.69) is 4.98 Å². The lowest BCUT2D eigenvalue weighted by Crippen LogP contribution is -2.29. The zero-order chi connectivity index (χ0) is 15.5. The maximum atomic E-state index is 11.9. The molecule has 1 atom stereocenters. The van der Waals surface area contributed by atoms with Gasteiger partial charge in [0.25, 0.3) is 0 Å². The van der Waals surface area contributed by atoms with Crippen molar-refractivity contribution in [3.63, 3.8) is 0 Å². The normalized spacial score (nSPS) is 13.3. The van der Waals surface area contributed by atoms with Crippen LogP contribution >= 0.6 is 11.8 Å². The first-order valence-corrected chi connectivity index (χ1v) is 8.24. The fourth-order valence-electron chi connectivity index (χ4n) is 1.39. The van der Waals surface area contributed by atoms with E-state index in [1.165, 1.54) is 43.0 Å². The predicted octanol–water partition coefficient (Wildman–Crippen LogP) is 0.901. The van der Waals surface area contributed by atoms with Crippen molar-refractivity contribution in [2.24, 2.45) is 0 Å². The van der Waals surface area contributed by atoms with Crippen molar-refractivity contribution in [3.8, 4) is 0 Å². The van der Waals surface area contributed by atoms with Crippen molar-refractivity contribution in [2.75, 3.05) is 28.2 Å². The number of hydrogen-bond donors (Lipinski definition) is 0. The van der Waals surface area contributed by atoms with E-state index in [1.54, 1.807) is 27.1 Å². The minimum atomic E-state index is -3.47. The van der Waals surface area contributed by atoms with Gasteiger partial charge in [-0.2, -0.15) is 0 Å². The number of hydrogen-bond acceptors (Lipinski definition) is 5. The van der Waals surface area contributed by atoms with Gasteiger partial charge in [-0.3, -0.25) is 4.79 Å². The Morgan fingerprint density at radius 3 is 2.25 bits per heavy atom. The van der Waals surface area contributed by atoms with Crippen LogP contribution in [0.15, 0.2) is 28.3 Å². The number of thioether (sulfide) groups is 1. The SMILES string of the molecule is CC(Sc1ccc(S(=O)(=O)N(C)C)cn1)C(=O)N(C)C. The zero-order valence-corrected chi connectivity index (χ0v) is 13.8. The van der Waals surface area contributed by atoms with Gasteiger partial charge in [-0.25, -0.2) is 17.7 Å². The highest BCUT2D eigenvalue weighted by atomic mass is 32.2. The fraction of sp³-hybridized carbons (Fsp3) is 0.500. The molecule has 0 saturated heterocycles. The van der Waals surface area contributed by atoms with E-state index < -0.39 is 10.0 Å². The van der Waals surface area contributed by atoms with Crippen LogP contribution in [0.2, 0.25) is 0 Å². The highest BCUT2D eigenvalue weighted by Gasteiger charge is 2.19. The molecule has 0 saturated carbocycles. The van der Waals surface area contributed by atoms with E-state index >= 15 is 0 Å². The Bertz CT molecular complexity index is 568. The molecule has 0 N–H and O–H groups in total. The van der Waals surface area contributed by atoms with Crippen LogP contribution in [-0.4, -0.2) is 62.0 Å². The summed E-state index contributed by atoms with van der Waals surface area (Å²) in [6.07, 6.45) is 1.31. The van der Waals surface area contributed by atoms with Gasteiger partial charge in [-0.1, -0.05) is 11.8 Å². The fourth-order valence-corrected chi connectivity index (χ4v) is 3.18. The van der Waals surface area contributed by atoms with Gasteiger partial charge in [0.05, 0.1) is 10.3 Å². The van der Waals surface area contributed by atoms with Gasteiger partial charge < -0.3 is 4.90 Å². The van der Waals surface area contributed by atoms with E-state index in [9.17, 15) is 13.2 Å². The van der Waals surface area contributed by atoms with Crippen LogP contribution in [0.3, 0.4) is 0 Å². The lowest BCUT2D eigenvalue weighted by atomic mass is 10.4. The third-order valence-electron chi connectivity index (χ3n) is 2.57. The van der Waals surface area contributed by atoms with E-state index in [1.807, 2.05) is 0 Å². The van der Waals surface area contributed by atoms with E-state index in [-0.39, 0.29) is 16.1 Å². The Morgan fingerprint density at radius 2 is 1.85 bits per heavy atom. The summed E-state index contributed by atoms with van der Waals surface area (Å²) in [5.41, 5.74) is 0. The molecule has 0 bridgehead atoms. The summed E-state index contributed by atoms with van der Waals surface area (Å²) in [5, 5.41) is 0.346. The Kier molecular flexibility index (Phi) is 5.55. The molecule has 1 rings (SSSR count). The van der Waals surface area contributed by atoms with Crippen molar-refractivity contribution in [1.29, 1.82) is 0 Å². The van der Waals surface area contributed by atoms with Gasteiger partial charge in [-0.05, 0) is 19.1 Å². The first-order valence-electron chi connectivity index (χ1n) is 5.92. The van der Waals surface area contributed by atoms with Crippen LogP contribution in [-0.2, 0) is 14.8 Å². The van der Waals surface area contributed by atoms with E-state index in [4.69, 9.17) is 0 Å². The minimum absolute atomic E-state index is 0.0122. The lowest BCUT2D eigenvalue weighted by Gasteiger charge is -2.16. The zero-order valence-electron chi connectivity index (χ0n) is 12.2. The standard InChI is InChI=1S/C12H19N3O3S2/c1-9(12(16)14(2)3)19-11-7-6-10(8-13-11)20(17,18)15(4)5/h6-9H,1-5H3. The Labute approximate surface area is 124 Å². The third-order valence-corrected chi connectivity index (χ3v) is 5.41. The van der Waals surface area contributed by atoms with Crippen LogP contribution in [0, 0.1) is 0 Å². The first-order chi connectivity index (χ1) is 9.16. The van der Waals surface area contributed by atoms with Crippen molar-refractivity contribution in [1.82, 2.24) is 14.2 Å². The topological polar surface area (TPSA) is 70.6 Å². The molecule has 0 spiro atoms. The molecule has 1 heterocycles. The molecule has 8 heteroatoms. The number of nitrogens with zero attached hydrogens (tertiary/aromatic N) is 3. The van der Waals surface area contributed by atoms with Gasteiger partial charge in [-0.15, -0.1) is 0 Å². The molecule has 1 aromatic rings. The molecule has 1 unspecified atom stereocenters. The highest BCUT2D eigenvalue weighted by molar-refractivity contribution is 8.00. The summed E-state index contributed by atoms with van der Waals surface area (Å²) in [6, 6.07) is 3.11. The number of carbonyl (C=O) groups excluding carboxylic acids is 1. The third kappa shape index (κ3) is 3.94. The summed E-state index contributed by atoms with van der Waals surface area (Å²) in [6.45, 7) is 1.79. The largest absolute Gasteiger partial charge is 0.348 e.